The van der Waals surface area contributed by atoms with Gasteiger partial charge in [0.25, 0.3) is 0 Å². The van der Waals surface area contributed by atoms with Crippen LogP contribution in [0.15, 0.2) is 5.38 Å². The van der Waals surface area contributed by atoms with Gasteiger partial charge in [0.05, 0.1) is 24.1 Å². The first-order valence-electron chi connectivity index (χ1n) is 5.52. The number of thiazole rings is 1. The molecule has 2 rings (SSSR count). The van der Waals surface area contributed by atoms with E-state index in [0.717, 1.165) is 23.5 Å². The summed E-state index contributed by atoms with van der Waals surface area (Å²) in [7, 11) is 1.70. The third-order valence-electron chi connectivity index (χ3n) is 2.84. The van der Waals surface area contributed by atoms with E-state index in [1.165, 1.54) is 11.3 Å². The molecule has 0 bridgehead atoms. The lowest BCUT2D eigenvalue weighted by molar-refractivity contribution is -0.122. The van der Waals surface area contributed by atoms with Gasteiger partial charge < -0.3 is 10.1 Å². The van der Waals surface area contributed by atoms with Gasteiger partial charge in [0.1, 0.15) is 5.01 Å². The molecule has 1 aliphatic carbocycles. The van der Waals surface area contributed by atoms with Crippen molar-refractivity contribution in [2.45, 2.75) is 37.3 Å². The van der Waals surface area contributed by atoms with E-state index < -0.39 is 0 Å². The minimum Gasteiger partial charge on any atom is -0.381 e. The quantitative estimate of drug-likeness (QED) is 0.832. The highest BCUT2D eigenvalue weighted by Gasteiger charge is 2.30. The molecule has 0 aliphatic heterocycles. The number of hydrogen-bond donors (Lipinski definition) is 1. The predicted molar refractivity (Wildman–Crippen MR) is 67.3 cm³/mol. The van der Waals surface area contributed by atoms with Crippen molar-refractivity contribution in [3.63, 3.8) is 0 Å². The fourth-order valence-corrected chi connectivity index (χ4v) is 2.80. The standard InChI is InChI=1S/C11H15ClN2O2S/c1-16-9-2-7(3-9)13-10(15)4-11-14-8(5-12)6-17-11/h6-7,9H,2-5H2,1H3,(H,13,15). The zero-order valence-electron chi connectivity index (χ0n) is 9.61. The number of hydrogen-bond acceptors (Lipinski definition) is 4. The fourth-order valence-electron chi connectivity index (χ4n) is 1.78. The number of ether oxygens (including phenoxy) is 1. The SMILES string of the molecule is COC1CC(NC(=O)Cc2nc(CCl)cs2)C1. The zero-order chi connectivity index (χ0) is 12.3. The number of nitrogens with one attached hydrogen (secondary N) is 1. The summed E-state index contributed by atoms with van der Waals surface area (Å²) in [5, 5.41) is 5.68. The number of aromatic nitrogens is 1. The largest absolute Gasteiger partial charge is 0.381 e. The van der Waals surface area contributed by atoms with Gasteiger partial charge in [-0.1, -0.05) is 0 Å². The number of amides is 1. The Morgan fingerprint density at radius 2 is 2.47 bits per heavy atom. The second kappa shape index (κ2) is 5.80. The molecule has 4 nitrogen and oxygen atoms in total. The van der Waals surface area contributed by atoms with Gasteiger partial charge in [-0.3, -0.25) is 4.79 Å². The molecule has 1 aliphatic rings. The van der Waals surface area contributed by atoms with Crippen molar-refractivity contribution >= 4 is 28.8 Å². The molecule has 0 spiro atoms. The molecule has 6 heteroatoms. The molecule has 0 unspecified atom stereocenters. The molecule has 1 amide bonds. The Balaban J connectivity index is 1.74. The van der Waals surface area contributed by atoms with E-state index in [-0.39, 0.29) is 11.9 Å². The Morgan fingerprint density at radius 1 is 1.71 bits per heavy atom. The molecule has 1 aromatic heterocycles. The number of halogens is 1. The van der Waals surface area contributed by atoms with Crippen LogP contribution in [0, 0.1) is 0 Å². The summed E-state index contributed by atoms with van der Waals surface area (Å²) in [6.07, 6.45) is 2.47. The molecule has 94 valence electrons. The van der Waals surface area contributed by atoms with Crippen LogP contribution in [-0.2, 0) is 21.8 Å². The third kappa shape index (κ3) is 3.40. The number of methoxy groups -OCH3 is 1. The molecule has 1 fully saturated rings. The Labute approximate surface area is 109 Å². The Bertz CT molecular complexity index is 391. The molecule has 1 saturated carbocycles. The lowest BCUT2D eigenvalue weighted by Crippen LogP contribution is -2.47. The normalized spacial score (nSPS) is 23.2. The minimum atomic E-state index is 0.0278. The van der Waals surface area contributed by atoms with Gasteiger partial charge in [0.15, 0.2) is 0 Å². The summed E-state index contributed by atoms with van der Waals surface area (Å²) in [4.78, 5) is 15.9. The molecular weight excluding hydrogens is 260 g/mol. The number of carbonyl (C=O) groups excluding carboxylic acids is 1. The number of carbonyl (C=O) groups is 1. The van der Waals surface area contributed by atoms with Crippen molar-refractivity contribution in [1.29, 1.82) is 0 Å². The number of alkyl halides is 1. The summed E-state index contributed by atoms with van der Waals surface area (Å²) in [5.41, 5.74) is 0.836. The second-order valence-corrected chi connectivity index (χ2v) is 5.35. The average molecular weight is 275 g/mol. The smallest absolute Gasteiger partial charge is 0.227 e. The van der Waals surface area contributed by atoms with Crippen molar-refractivity contribution in [2.24, 2.45) is 0 Å². The van der Waals surface area contributed by atoms with Crippen LogP contribution in [-0.4, -0.2) is 30.1 Å². The second-order valence-electron chi connectivity index (χ2n) is 4.14. The van der Waals surface area contributed by atoms with E-state index in [0.29, 0.717) is 18.4 Å². The molecule has 0 atom stereocenters. The molecule has 0 radical (unpaired) electrons. The van der Waals surface area contributed by atoms with E-state index in [4.69, 9.17) is 16.3 Å². The van der Waals surface area contributed by atoms with Crippen LogP contribution < -0.4 is 5.32 Å². The Morgan fingerprint density at radius 3 is 3.06 bits per heavy atom. The van der Waals surface area contributed by atoms with Crippen molar-refractivity contribution in [3.05, 3.63) is 16.1 Å². The van der Waals surface area contributed by atoms with Crippen LogP contribution in [0.4, 0.5) is 0 Å². The lowest BCUT2D eigenvalue weighted by atomic mass is 9.89. The Hall–Kier alpha value is -0.650. The summed E-state index contributed by atoms with van der Waals surface area (Å²) >= 11 is 7.13. The van der Waals surface area contributed by atoms with E-state index >= 15 is 0 Å². The fraction of sp³-hybridized carbons (Fsp3) is 0.636. The molecule has 17 heavy (non-hydrogen) atoms. The average Bonchev–Trinajstić information content (AvgIpc) is 2.70. The topological polar surface area (TPSA) is 51.2 Å². The maximum absolute atomic E-state index is 11.7. The molecule has 1 N–H and O–H groups in total. The van der Waals surface area contributed by atoms with Gasteiger partial charge in [0, 0.05) is 18.5 Å². The summed E-state index contributed by atoms with van der Waals surface area (Å²) in [5.74, 6) is 0.427. The van der Waals surface area contributed by atoms with Gasteiger partial charge in [-0.15, -0.1) is 22.9 Å². The van der Waals surface area contributed by atoms with Gasteiger partial charge in [-0.25, -0.2) is 4.98 Å². The van der Waals surface area contributed by atoms with Crippen LogP contribution in [0.3, 0.4) is 0 Å². The first-order chi connectivity index (χ1) is 8.21. The van der Waals surface area contributed by atoms with Crippen LogP contribution in [0.5, 0.6) is 0 Å². The van der Waals surface area contributed by atoms with Crippen molar-refractivity contribution in [2.75, 3.05) is 7.11 Å². The van der Waals surface area contributed by atoms with E-state index in [2.05, 4.69) is 10.3 Å². The minimum absolute atomic E-state index is 0.0278. The summed E-state index contributed by atoms with van der Waals surface area (Å²) in [6.45, 7) is 0. The van der Waals surface area contributed by atoms with Gasteiger partial charge in [-0.05, 0) is 12.8 Å². The van der Waals surface area contributed by atoms with Crippen LogP contribution >= 0.6 is 22.9 Å². The summed E-state index contributed by atoms with van der Waals surface area (Å²) in [6, 6.07) is 0.264. The van der Waals surface area contributed by atoms with Gasteiger partial charge >= 0.3 is 0 Å². The van der Waals surface area contributed by atoms with E-state index in [1.807, 2.05) is 5.38 Å². The van der Waals surface area contributed by atoms with Crippen LogP contribution in [0.25, 0.3) is 0 Å². The van der Waals surface area contributed by atoms with Crippen molar-refractivity contribution in [3.8, 4) is 0 Å². The first kappa shape index (κ1) is 12.8. The maximum atomic E-state index is 11.7. The van der Waals surface area contributed by atoms with Crippen LogP contribution in [0.1, 0.15) is 23.5 Å². The highest BCUT2D eigenvalue weighted by Crippen LogP contribution is 2.22. The Kier molecular flexibility index (Phi) is 4.36. The van der Waals surface area contributed by atoms with E-state index in [1.54, 1.807) is 7.11 Å². The zero-order valence-corrected chi connectivity index (χ0v) is 11.2. The number of nitrogens with zero attached hydrogens (tertiary/aromatic N) is 1. The highest BCUT2D eigenvalue weighted by molar-refractivity contribution is 7.09. The summed E-state index contributed by atoms with van der Waals surface area (Å²) < 4.78 is 5.16. The van der Waals surface area contributed by atoms with Gasteiger partial charge in [0.2, 0.25) is 5.91 Å². The van der Waals surface area contributed by atoms with Crippen molar-refractivity contribution in [1.82, 2.24) is 10.3 Å². The van der Waals surface area contributed by atoms with Crippen molar-refractivity contribution < 1.29 is 9.53 Å². The maximum Gasteiger partial charge on any atom is 0.227 e. The first-order valence-corrected chi connectivity index (χ1v) is 6.94. The lowest BCUT2D eigenvalue weighted by Gasteiger charge is -2.34. The molecule has 1 aromatic rings. The van der Waals surface area contributed by atoms with Gasteiger partial charge in [-0.2, -0.15) is 0 Å². The molecule has 1 heterocycles. The third-order valence-corrected chi connectivity index (χ3v) is 4.01. The predicted octanol–water partition coefficient (Wildman–Crippen LogP) is 1.72. The molecular formula is C11H15ClN2O2S. The van der Waals surface area contributed by atoms with Crippen LogP contribution in [0.2, 0.25) is 0 Å². The highest BCUT2D eigenvalue weighted by atomic mass is 35.5. The molecule has 0 saturated heterocycles. The molecule has 0 aromatic carbocycles. The number of rotatable bonds is 5. The van der Waals surface area contributed by atoms with E-state index in [9.17, 15) is 4.79 Å². The monoisotopic (exact) mass is 274 g/mol.